The summed E-state index contributed by atoms with van der Waals surface area (Å²) in [5.74, 6) is -1.76. The molecule has 0 aliphatic heterocycles. The number of carbonyl (C=O) groups excluding carboxylic acids is 1. The average Bonchev–Trinajstić information content (AvgIpc) is 4.02. The predicted molar refractivity (Wildman–Crippen MR) is 222 cm³/mol. The molecular weight excluding hydrogens is 951 g/mol. The quantitative estimate of drug-likeness (QED) is 0.0382. The van der Waals surface area contributed by atoms with Crippen LogP contribution in [0.2, 0.25) is 0 Å². The molecular formula is C38H35F12N3O4S5. The molecule has 7 nitrogen and oxygen atoms in total. The van der Waals surface area contributed by atoms with Gasteiger partial charge >= 0.3 is 24.7 Å². The molecule has 0 aliphatic carbocycles. The Morgan fingerprint density at radius 2 is 1.08 bits per heavy atom. The van der Waals surface area contributed by atoms with Crippen molar-refractivity contribution < 1.29 is 62.7 Å². The number of anilines is 1. The van der Waals surface area contributed by atoms with Crippen molar-refractivity contribution in [3.8, 4) is 0 Å². The van der Waals surface area contributed by atoms with Crippen molar-refractivity contribution in [1.82, 2.24) is 0 Å². The number of hydrogen-bond donors (Lipinski definition) is 3. The van der Waals surface area contributed by atoms with Crippen LogP contribution in [0, 0.1) is 41.5 Å². The zero-order chi connectivity index (χ0) is 47.5. The molecule has 2 unspecified atom stereocenters. The van der Waals surface area contributed by atoms with Crippen molar-refractivity contribution in [2.75, 3.05) is 5.32 Å². The smallest absolute Gasteiger partial charge is 0.410 e. The van der Waals surface area contributed by atoms with Crippen LogP contribution < -0.4 is 21.9 Å². The molecule has 0 fully saturated rings. The summed E-state index contributed by atoms with van der Waals surface area (Å²) in [5, 5.41) is 14.7. The molecule has 0 bridgehead atoms. The number of halogens is 12. The molecule has 5 heterocycles. The van der Waals surface area contributed by atoms with Gasteiger partial charge in [-0.05, 0) is 102 Å². The van der Waals surface area contributed by atoms with Crippen molar-refractivity contribution in [2.45, 2.75) is 78.3 Å². The Labute approximate surface area is 365 Å². The fourth-order valence-corrected chi connectivity index (χ4v) is 8.48. The fraction of sp³-hybridized carbons (Fsp3) is 0.316. The summed E-state index contributed by atoms with van der Waals surface area (Å²) in [5.41, 5.74) is 1.92. The van der Waals surface area contributed by atoms with Gasteiger partial charge in [0, 0.05) is 39.7 Å². The van der Waals surface area contributed by atoms with Gasteiger partial charge in [0.25, 0.3) is 5.78 Å². The Morgan fingerprint density at radius 3 is 1.39 bits per heavy atom. The molecule has 0 amide bonds. The molecule has 4 N–H and O–H groups in total. The highest BCUT2D eigenvalue weighted by Crippen LogP contribution is 2.39. The highest BCUT2D eigenvalue weighted by atomic mass is 32.1. The maximum Gasteiger partial charge on any atom is 0.455 e. The molecule has 0 radical (unpaired) electrons. The minimum Gasteiger partial charge on any atom is -0.410 e. The van der Waals surface area contributed by atoms with Crippen LogP contribution in [0.5, 0.6) is 0 Å². The zero-order valence-corrected chi connectivity index (χ0v) is 36.9. The van der Waals surface area contributed by atoms with Crippen LogP contribution in [0.25, 0.3) is 0 Å². The van der Waals surface area contributed by atoms with Gasteiger partial charge in [-0.15, -0.1) is 56.7 Å². The summed E-state index contributed by atoms with van der Waals surface area (Å²) in [4.78, 5) is 37.1. The second kappa shape index (κ2) is 22.3. The van der Waals surface area contributed by atoms with Crippen LogP contribution >= 0.6 is 56.7 Å². The highest BCUT2D eigenvalue weighted by molar-refractivity contribution is 7.14. The first-order valence-electron chi connectivity index (χ1n) is 17.0. The normalized spacial score (nSPS) is 13.0. The van der Waals surface area contributed by atoms with Gasteiger partial charge in [-0.1, -0.05) is 11.2 Å². The van der Waals surface area contributed by atoms with E-state index >= 15 is 0 Å². The van der Waals surface area contributed by atoms with Gasteiger partial charge in [0.05, 0.1) is 15.4 Å². The number of ketones is 1. The lowest BCUT2D eigenvalue weighted by Gasteiger charge is -2.22. The summed E-state index contributed by atoms with van der Waals surface area (Å²) in [6, 6.07) is 11.8. The van der Waals surface area contributed by atoms with Crippen LogP contribution in [0.4, 0.5) is 58.4 Å². The Kier molecular flexibility index (Phi) is 19.4. The lowest BCUT2D eigenvalue weighted by Crippen LogP contribution is -2.40. The van der Waals surface area contributed by atoms with Crippen LogP contribution in [-0.2, 0) is 0 Å². The van der Waals surface area contributed by atoms with E-state index in [4.69, 9.17) is 10.9 Å². The minimum absolute atomic E-state index is 0.0486. The molecule has 6 rings (SSSR count). The molecule has 1 aromatic carbocycles. The summed E-state index contributed by atoms with van der Waals surface area (Å²) in [7, 11) is 0. The highest BCUT2D eigenvalue weighted by Gasteiger charge is 2.43. The van der Waals surface area contributed by atoms with Crippen molar-refractivity contribution >= 4 is 73.9 Å². The number of thiophene rings is 5. The van der Waals surface area contributed by atoms with Crippen LogP contribution in [0.15, 0.2) is 80.8 Å². The number of alkyl halides is 12. The van der Waals surface area contributed by atoms with E-state index in [-0.39, 0.29) is 30.8 Å². The van der Waals surface area contributed by atoms with E-state index in [2.05, 4.69) is 34.9 Å². The molecule has 340 valence electrons. The number of nitrogens with zero attached hydrogens (tertiary/aromatic N) is 1. The first-order valence-corrected chi connectivity index (χ1v) is 21.1. The maximum absolute atomic E-state index is 13.0. The Morgan fingerprint density at radius 1 is 0.613 bits per heavy atom. The molecule has 0 aliphatic rings. The lowest BCUT2D eigenvalue weighted by molar-refractivity contribution is -0.148. The third-order valence-electron chi connectivity index (χ3n) is 7.46. The molecule has 5 aromatic heterocycles. The molecule has 2 atom stereocenters. The minimum atomic E-state index is -4.75. The SMILES string of the molecule is Cc1ccc(/C(=N\O)C(F)(F)F)s1.Cc1ccc(C(=O)C(F)(F)F)s1.Cc1ccc(C(N)C(F)(F)F)s1.Cc1ccc(C(Nc2c(C)c(=O)c2=O)C(F)(F)F)s1.Cc1cccs1. The number of nitrogens with two attached hydrogens (primary N) is 1. The van der Waals surface area contributed by atoms with E-state index < -0.39 is 59.1 Å². The van der Waals surface area contributed by atoms with Gasteiger partial charge in [0.15, 0.2) is 6.04 Å². The number of rotatable bonds is 6. The fourth-order valence-electron chi connectivity index (χ4n) is 4.39. The standard InChI is InChI=1S/C12H10F3NO2S.C7H6F3NOS.C7H8F3NS.C7H5F3OS.C5H6S/c1-5-3-4-7(19-5)11(12(13,14)15)16-8-6(2)9(17)10(8)18;1-4-2-3-5(13-4)6(11-12)7(8,9)10;2*1-4-2-3-5(12-4)6(11)7(8,9)10;1-5-3-2-4-6-5/h3-4,11,16H,1-2H3;2-3,12H,1H3;2-3,6H,11H2,1H3;2-3H,1H3;2-4H,1H3/b;11-6+;;;. The molecule has 62 heavy (non-hydrogen) atoms. The topological polar surface area (TPSA) is 122 Å². The number of oxime groups is 1. The number of nitrogens with one attached hydrogen (secondary N) is 1. The molecule has 0 saturated heterocycles. The first kappa shape index (κ1) is 53.8. The Bertz CT molecular complexity index is 2430. The van der Waals surface area contributed by atoms with Crippen molar-refractivity contribution in [3.63, 3.8) is 0 Å². The molecule has 24 heteroatoms. The van der Waals surface area contributed by atoms with E-state index in [0.29, 0.717) is 4.88 Å². The van der Waals surface area contributed by atoms with Crippen LogP contribution in [0.1, 0.15) is 66.3 Å². The third kappa shape index (κ3) is 16.4. The van der Waals surface area contributed by atoms with Gasteiger partial charge in [-0.3, -0.25) is 14.4 Å². The van der Waals surface area contributed by atoms with Crippen molar-refractivity contribution in [3.05, 3.63) is 136 Å². The summed E-state index contributed by atoms with van der Waals surface area (Å²) >= 11 is 5.65. The van der Waals surface area contributed by atoms with Gasteiger partial charge in [-0.2, -0.15) is 52.7 Å². The Balaban J connectivity index is 0.000000277. The second-order valence-corrected chi connectivity index (χ2v) is 18.9. The average molecular weight is 986 g/mol. The van der Waals surface area contributed by atoms with E-state index in [1.165, 1.54) is 48.2 Å². The van der Waals surface area contributed by atoms with Gasteiger partial charge in [0.1, 0.15) is 6.04 Å². The van der Waals surface area contributed by atoms with E-state index in [9.17, 15) is 67.1 Å². The summed E-state index contributed by atoms with van der Waals surface area (Å²) < 4.78 is 147. The van der Waals surface area contributed by atoms with E-state index in [1.54, 1.807) is 51.2 Å². The molecule has 0 spiro atoms. The lowest BCUT2D eigenvalue weighted by atomic mass is 10.1. The monoisotopic (exact) mass is 985 g/mol. The second-order valence-electron chi connectivity index (χ2n) is 12.5. The number of Topliss-reactive ketones (excluding diaryl/α,β-unsaturated/α-hetero) is 1. The predicted octanol–water partition coefficient (Wildman–Crippen LogP) is 13.0. The van der Waals surface area contributed by atoms with E-state index in [0.717, 1.165) is 60.0 Å². The van der Waals surface area contributed by atoms with Crippen LogP contribution in [-0.4, -0.2) is 41.4 Å². The molecule has 6 aromatic rings. The van der Waals surface area contributed by atoms with Crippen LogP contribution in [0.3, 0.4) is 0 Å². The number of carbonyl (C=O) groups is 1. The van der Waals surface area contributed by atoms with E-state index in [1.807, 2.05) is 0 Å². The largest absolute Gasteiger partial charge is 0.455 e. The first-order chi connectivity index (χ1) is 28.4. The van der Waals surface area contributed by atoms with Gasteiger partial charge in [0.2, 0.25) is 16.6 Å². The Hall–Kier alpha value is -4.36. The maximum atomic E-state index is 13.0. The third-order valence-corrected chi connectivity index (χ3v) is 12.4. The zero-order valence-electron chi connectivity index (χ0n) is 32.8. The number of aryl methyl sites for hydroxylation is 5. The summed E-state index contributed by atoms with van der Waals surface area (Å²) in [6.07, 6.45) is -18.2. The van der Waals surface area contributed by atoms with Gasteiger partial charge < -0.3 is 16.3 Å². The van der Waals surface area contributed by atoms with Gasteiger partial charge in [-0.25, -0.2) is 0 Å². The summed E-state index contributed by atoms with van der Waals surface area (Å²) in [6.45, 7) is 10.2. The molecule has 0 saturated carbocycles. The van der Waals surface area contributed by atoms with Crippen molar-refractivity contribution in [2.24, 2.45) is 10.9 Å². The van der Waals surface area contributed by atoms with Crippen molar-refractivity contribution in [1.29, 1.82) is 0 Å². The number of hydrogen-bond acceptors (Lipinski definition) is 12.